The van der Waals surface area contributed by atoms with E-state index < -0.39 is 17.6 Å². The van der Waals surface area contributed by atoms with Gasteiger partial charge >= 0.3 is 0 Å². The maximum Gasteiger partial charge on any atom is 0.290 e. The largest absolute Gasteiger partial charge is 0.290 e. The van der Waals surface area contributed by atoms with Gasteiger partial charge in [0.05, 0.1) is 27.5 Å². The summed E-state index contributed by atoms with van der Waals surface area (Å²) in [4.78, 5) is 38.2. The first kappa shape index (κ1) is 22.4. The molecule has 4 rings (SSSR count). The molecule has 1 heterocycles. The number of hydrogen-bond donors (Lipinski definition) is 2. The van der Waals surface area contributed by atoms with Gasteiger partial charge in [-0.2, -0.15) is 5.10 Å². The number of carbonyl (C=O) groups is 2. The van der Waals surface area contributed by atoms with Crippen molar-refractivity contribution in [2.24, 2.45) is 0 Å². The Balaban J connectivity index is 1.64. The van der Waals surface area contributed by atoms with Crippen LogP contribution in [0.3, 0.4) is 0 Å². The standard InChI is InChI=1S/C23H15Cl2FN4O3/c24-17-11-18(25)19(26)10-16(17)21(31)27-28-22(32)20-14-8-4-5-9-15(14)23(33)30(29-20)12-13-6-2-1-3-7-13/h1-11H,12H2,(H,27,31)(H,28,32). The summed E-state index contributed by atoms with van der Waals surface area (Å²) in [6, 6.07) is 17.6. The third-order valence-corrected chi connectivity index (χ3v) is 5.40. The Labute approximate surface area is 196 Å². The zero-order chi connectivity index (χ0) is 23.5. The van der Waals surface area contributed by atoms with Crippen LogP contribution in [0.25, 0.3) is 10.8 Å². The molecule has 2 amide bonds. The second-order valence-corrected chi connectivity index (χ2v) is 7.81. The summed E-state index contributed by atoms with van der Waals surface area (Å²) in [5.74, 6) is -2.46. The molecule has 0 spiro atoms. The van der Waals surface area contributed by atoms with Crippen LogP contribution in [-0.4, -0.2) is 21.6 Å². The van der Waals surface area contributed by atoms with Crippen LogP contribution in [0.2, 0.25) is 10.0 Å². The molecule has 3 aromatic carbocycles. The monoisotopic (exact) mass is 484 g/mol. The van der Waals surface area contributed by atoms with E-state index in [0.29, 0.717) is 10.8 Å². The highest BCUT2D eigenvalue weighted by Crippen LogP contribution is 2.24. The van der Waals surface area contributed by atoms with Gasteiger partial charge in [0.15, 0.2) is 5.69 Å². The highest BCUT2D eigenvalue weighted by atomic mass is 35.5. The van der Waals surface area contributed by atoms with Crippen molar-refractivity contribution in [3.8, 4) is 0 Å². The van der Waals surface area contributed by atoms with Crippen molar-refractivity contribution in [2.45, 2.75) is 6.54 Å². The lowest BCUT2D eigenvalue weighted by Crippen LogP contribution is -2.43. The smallest absolute Gasteiger partial charge is 0.267 e. The fourth-order valence-electron chi connectivity index (χ4n) is 3.20. The zero-order valence-corrected chi connectivity index (χ0v) is 18.3. The molecule has 0 saturated carbocycles. The lowest BCUT2D eigenvalue weighted by molar-refractivity contribution is 0.0843. The first-order chi connectivity index (χ1) is 15.8. The van der Waals surface area contributed by atoms with Gasteiger partial charge in [0.25, 0.3) is 17.4 Å². The van der Waals surface area contributed by atoms with E-state index in [0.717, 1.165) is 17.7 Å². The Bertz CT molecular complexity index is 1440. The molecule has 0 saturated heterocycles. The summed E-state index contributed by atoms with van der Waals surface area (Å²) in [5, 5.41) is 4.51. The molecule has 1 aromatic heterocycles. The van der Waals surface area contributed by atoms with Crippen LogP contribution < -0.4 is 16.4 Å². The van der Waals surface area contributed by atoms with Crippen LogP contribution in [0.1, 0.15) is 26.4 Å². The molecule has 0 atom stereocenters. The molecule has 0 aliphatic rings. The molecule has 166 valence electrons. The number of halogens is 3. The molecule has 10 heteroatoms. The number of fused-ring (bicyclic) bond motifs is 1. The second kappa shape index (κ2) is 9.40. The van der Waals surface area contributed by atoms with Crippen LogP contribution in [0.5, 0.6) is 0 Å². The summed E-state index contributed by atoms with van der Waals surface area (Å²) in [7, 11) is 0. The Morgan fingerprint density at radius 3 is 2.24 bits per heavy atom. The van der Waals surface area contributed by atoms with Gasteiger partial charge in [0.1, 0.15) is 5.82 Å². The lowest BCUT2D eigenvalue weighted by atomic mass is 10.1. The molecule has 0 aliphatic heterocycles. The van der Waals surface area contributed by atoms with E-state index >= 15 is 0 Å². The van der Waals surface area contributed by atoms with Crippen molar-refractivity contribution in [2.75, 3.05) is 0 Å². The van der Waals surface area contributed by atoms with Gasteiger partial charge in [-0.3, -0.25) is 25.2 Å². The minimum absolute atomic E-state index is 0.0742. The number of aromatic nitrogens is 2. The van der Waals surface area contributed by atoms with Crippen molar-refractivity contribution in [3.63, 3.8) is 0 Å². The van der Waals surface area contributed by atoms with Crippen LogP contribution in [0.15, 0.2) is 71.5 Å². The normalized spacial score (nSPS) is 10.8. The average Bonchev–Trinajstić information content (AvgIpc) is 2.82. The van der Waals surface area contributed by atoms with Gasteiger partial charge in [-0.15, -0.1) is 0 Å². The van der Waals surface area contributed by atoms with Gasteiger partial charge in [0, 0.05) is 5.39 Å². The van der Waals surface area contributed by atoms with Gasteiger partial charge in [-0.25, -0.2) is 9.07 Å². The molecule has 4 aromatic rings. The van der Waals surface area contributed by atoms with Gasteiger partial charge in [0.2, 0.25) is 0 Å². The zero-order valence-electron chi connectivity index (χ0n) is 16.8. The summed E-state index contributed by atoms with van der Waals surface area (Å²) >= 11 is 11.6. The Morgan fingerprint density at radius 1 is 0.879 bits per heavy atom. The number of carbonyl (C=O) groups excluding carboxylic acids is 2. The number of nitrogens with zero attached hydrogens (tertiary/aromatic N) is 2. The van der Waals surface area contributed by atoms with E-state index in [4.69, 9.17) is 23.2 Å². The molecule has 7 nitrogen and oxygen atoms in total. The van der Waals surface area contributed by atoms with E-state index in [1.165, 1.54) is 4.68 Å². The summed E-state index contributed by atoms with van der Waals surface area (Å²) in [5.41, 5.74) is 4.57. The Kier molecular flexibility index (Phi) is 6.39. The molecular formula is C23H15Cl2FN4O3. The first-order valence-corrected chi connectivity index (χ1v) is 10.4. The number of rotatable bonds is 4. The molecular weight excluding hydrogens is 470 g/mol. The lowest BCUT2D eigenvalue weighted by Gasteiger charge is -2.12. The predicted molar refractivity (Wildman–Crippen MR) is 123 cm³/mol. The van der Waals surface area contributed by atoms with E-state index in [1.54, 1.807) is 24.3 Å². The predicted octanol–water partition coefficient (Wildman–Crippen LogP) is 3.97. The van der Waals surface area contributed by atoms with Crippen molar-refractivity contribution >= 4 is 45.8 Å². The first-order valence-electron chi connectivity index (χ1n) is 9.64. The van der Waals surface area contributed by atoms with Crippen LogP contribution >= 0.6 is 23.2 Å². The quantitative estimate of drug-likeness (QED) is 0.338. The molecule has 0 bridgehead atoms. The number of hydrogen-bond acceptors (Lipinski definition) is 4. The van der Waals surface area contributed by atoms with Crippen molar-refractivity contribution in [1.29, 1.82) is 0 Å². The van der Waals surface area contributed by atoms with Crippen molar-refractivity contribution < 1.29 is 14.0 Å². The Hall–Kier alpha value is -3.75. The Morgan fingerprint density at radius 2 is 1.52 bits per heavy atom. The summed E-state index contributed by atoms with van der Waals surface area (Å²) in [6.45, 7) is 0.150. The molecule has 0 radical (unpaired) electrons. The van der Waals surface area contributed by atoms with E-state index in [2.05, 4.69) is 16.0 Å². The maximum atomic E-state index is 13.7. The van der Waals surface area contributed by atoms with E-state index in [1.807, 2.05) is 30.3 Å². The fraction of sp³-hybridized carbons (Fsp3) is 0.0435. The van der Waals surface area contributed by atoms with Gasteiger partial charge < -0.3 is 0 Å². The summed E-state index contributed by atoms with van der Waals surface area (Å²) in [6.07, 6.45) is 0. The topological polar surface area (TPSA) is 93.1 Å². The van der Waals surface area contributed by atoms with E-state index in [9.17, 15) is 18.8 Å². The number of amides is 2. The maximum absolute atomic E-state index is 13.7. The number of hydrazine groups is 1. The number of nitrogens with one attached hydrogen (secondary N) is 2. The minimum atomic E-state index is -0.856. The molecule has 0 aliphatic carbocycles. The molecule has 0 unspecified atom stereocenters. The van der Waals surface area contributed by atoms with Crippen LogP contribution in [0, 0.1) is 5.82 Å². The second-order valence-electron chi connectivity index (χ2n) is 7.00. The third-order valence-electron chi connectivity index (χ3n) is 4.80. The average molecular weight is 485 g/mol. The van der Waals surface area contributed by atoms with Crippen LogP contribution in [0.4, 0.5) is 4.39 Å². The van der Waals surface area contributed by atoms with Gasteiger partial charge in [-0.1, -0.05) is 71.7 Å². The SMILES string of the molecule is O=C(NNC(=O)c1nn(Cc2ccccc2)c(=O)c2ccccc12)c1cc(F)c(Cl)cc1Cl. The van der Waals surface area contributed by atoms with Gasteiger partial charge in [-0.05, 0) is 23.8 Å². The third kappa shape index (κ3) is 4.72. The highest BCUT2D eigenvalue weighted by Gasteiger charge is 2.19. The number of benzene rings is 3. The molecule has 2 N–H and O–H groups in total. The van der Waals surface area contributed by atoms with Crippen molar-refractivity contribution in [3.05, 3.63) is 110 Å². The fourth-order valence-corrected chi connectivity index (χ4v) is 3.67. The summed E-state index contributed by atoms with van der Waals surface area (Å²) < 4.78 is 14.9. The van der Waals surface area contributed by atoms with E-state index in [-0.39, 0.29) is 33.4 Å². The van der Waals surface area contributed by atoms with Crippen LogP contribution in [-0.2, 0) is 6.54 Å². The van der Waals surface area contributed by atoms with Crippen molar-refractivity contribution in [1.82, 2.24) is 20.6 Å². The highest BCUT2D eigenvalue weighted by molar-refractivity contribution is 6.36. The molecule has 33 heavy (non-hydrogen) atoms. The molecule has 0 fully saturated rings. The minimum Gasteiger partial charge on any atom is -0.267 e.